The van der Waals surface area contributed by atoms with E-state index in [1.54, 1.807) is 0 Å². The van der Waals surface area contributed by atoms with Gasteiger partial charge in [0, 0.05) is 6.07 Å². The minimum atomic E-state index is -0.515. The van der Waals surface area contributed by atoms with Gasteiger partial charge in [-0.2, -0.15) is 0 Å². The fourth-order valence-corrected chi connectivity index (χ4v) is 3.21. The standard InChI is InChI=1S/C12H7N3O3S2/c16-11(9-5-6-10(19-9)15(17)18)14-12-13-7-3-1-2-4-8(7)20-12/h1-6H,(H,13,14,16). The molecule has 1 aromatic carbocycles. The maximum atomic E-state index is 12.0. The van der Waals surface area contributed by atoms with Crippen LogP contribution in [0, 0.1) is 10.1 Å². The molecule has 3 aromatic rings. The van der Waals surface area contributed by atoms with Crippen LogP contribution in [0.25, 0.3) is 10.2 Å². The molecule has 0 aliphatic carbocycles. The lowest BCUT2D eigenvalue weighted by Crippen LogP contribution is -2.09. The molecule has 2 heterocycles. The predicted octanol–water partition coefficient (Wildman–Crippen LogP) is 3.52. The average Bonchev–Trinajstić information content (AvgIpc) is 3.04. The Hall–Kier alpha value is -2.32. The second kappa shape index (κ2) is 4.99. The van der Waals surface area contributed by atoms with Crippen molar-refractivity contribution in [2.24, 2.45) is 0 Å². The van der Waals surface area contributed by atoms with E-state index in [0.29, 0.717) is 5.13 Å². The van der Waals surface area contributed by atoms with Crippen molar-refractivity contribution in [1.82, 2.24) is 4.98 Å². The summed E-state index contributed by atoms with van der Waals surface area (Å²) in [4.78, 5) is 26.6. The molecular formula is C12H7N3O3S2. The number of anilines is 1. The molecule has 8 heteroatoms. The summed E-state index contributed by atoms with van der Waals surface area (Å²) < 4.78 is 0.972. The van der Waals surface area contributed by atoms with Crippen LogP contribution < -0.4 is 5.32 Å². The van der Waals surface area contributed by atoms with Gasteiger partial charge in [0.1, 0.15) is 0 Å². The summed E-state index contributed by atoms with van der Waals surface area (Å²) in [5.74, 6) is -0.387. The van der Waals surface area contributed by atoms with E-state index in [9.17, 15) is 14.9 Å². The van der Waals surface area contributed by atoms with Gasteiger partial charge < -0.3 is 0 Å². The first-order valence-corrected chi connectivity index (χ1v) is 7.18. The minimum Gasteiger partial charge on any atom is -0.297 e. The number of benzene rings is 1. The highest BCUT2D eigenvalue weighted by Crippen LogP contribution is 2.28. The van der Waals surface area contributed by atoms with E-state index in [1.807, 2.05) is 24.3 Å². The minimum absolute atomic E-state index is 0.0561. The van der Waals surface area contributed by atoms with Crippen molar-refractivity contribution in [2.75, 3.05) is 5.32 Å². The van der Waals surface area contributed by atoms with Crippen LogP contribution in [0.15, 0.2) is 36.4 Å². The zero-order chi connectivity index (χ0) is 14.1. The summed E-state index contributed by atoms with van der Waals surface area (Å²) in [5.41, 5.74) is 0.810. The summed E-state index contributed by atoms with van der Waals surface area (Å²) in [5, 5.41) is 13.7. The number of fused-ring (bicyclic) bond motifs is 1. The van der Waals surface area contributed by atoms with Gasteiger partial charge in [0.25, 0.3) is 5.91 Å². The van der Waals surface area contributed by atoms with Gasteiger partial charge >= 0.3 is 5.00 Å². The number of carbonyl (C=O) groups is 1. The predicted molar refractivity (Wildman–Crippen MR) is 78.5 cm³/mol. The maximum absolute atomic E-state index is 12.0. The Morgan fingerprint density at radius 3 is 2.70 bits per heavy atom. The molecule has 0 atom stereocenters. The van der Waals surface area contributed by atoms with Gasteiger partial charge in [-0.15, -0.1) is 0 Å². The number of para-hydroxylation sites is 1. The van der Waals surface area contributed by atoms with Gasteiger partial charge in [-0.1, -0.05) is 34.8 Å². The molecule has 1 amide bonds. The monoisotopic (exact) mass is 305 g/mol. The summed E-state index contributed by atoms with van der Waals surface area (Å²) in [7, 11) is 0. The highest BCUT2D eigenvalue weighted by Gasteiger charge is 2.16. The molecule has 0 saturated heterocycles. The normalized spacial score (nSPS) is 10.6. The number of carbonyl (C=O) groups excluding carboxylic acids is 1. The van der Waals surface area contributed by atoms with Crippen LogP contribution >= 0.6 is 22.7 Å². The fourth-order valence-electron chi connectivity index (χ4n) is 1.63. The molecule has 1 N–H and O–H groups in total. The number of thiophene rings is 1. The lowest BCUT2D eigenvalue weighted by atomic mass is 10.3. The lowest BCUT2D eigenvalue weighted by Gasteiger charge is -1.96. The molecule has 100 valence electrons. The van der Waals surface area contributed by atoms with Crippen LogP contribution in [0.5, 0.6) is 0 Å². The first-order valence-electron chi connectivity index (χ1n) is 5.54. The summed E-state index contributed by atoms with van der Waals surface area (Å²) in [6, 6.07) is 10.3. The number of nitro groups is 1. The van der Waals surface area contributed by atoms with Crippen LogP contribution in [-0.2, 0) is 0 Å². The SMILES string of the molecule is O=C(Nc1nc2ccccc2s1)c1ccc([N+](=O)[O-])s1. The van der Waals surface area contributed by atoms with Gasteiger partial charge in [0.05, 0.1) is 20.0 Å². The van der Waals surface area contributed by atoms with Gasteiger partial charge in [-0.25, -0.2) is 4.98 Å². The van der Waals surface area contributed by atoms with Gasteiger partial charge in [-0.3, -0.25) is 20.2 Å². The lowest BCUT2D eigenvalue weighted by molar-refractivity contribution is -0.380. The molecule has 0 radical (unpaired) electrons. The molecule has 2 aromatic heterocycles. The van der Waals surface area contributed by atoms with Crippen LogP contribution in [0.3, 0.4) is 0 Å². The second-order valence-corrected chi connectivity index (χ2v) is 5.93. The number of hydrogen-bond acceptors (Lipinski definition) is 6. The maximum Gasteiger partial charge on any atom is 0.324 e. The molecule has 0 unspecified atom stereocenters. The van der Waals surface area contributed by atoms with Gasteiger partial charge in [0.2, 0.25) is 0 Å². The fraction of sp³-hybridized carbons (Fsp3) is 0. The highest BCUT2D eigenvalue weighted by atomic mass is 32.1. The molecule has 0 saturated carbocycles. The van der Waals surface area contributed by atoms with E-state index in [2.05, 4.69) is 10.3 Å². The molecule has 0 fully saturated rings. The topological polar surface area (TPSA) is 85.1 Å². The summed E-state index contributed by atoms with van der Waals surface area (Å²) in [6.07, 6.45) is 0. The molecule has 0 bridgehead atoms. The third-order valence-corrected chi connectivity index (χ3v) is 4.50. The van der Waals surface area contributed by atoms with E-state index in [0.717, 1.165) is 21.6 Å². The zero-order valence-electron chi connectivity index (χ0n) is 9.90. The first-order chi connectivity index (χ1) is 9.63. The van der Waals surface area contributed by atoms with Crippen molar-refractivity contribution in [3.8, 4) is 0 Å². The number of nitrogens with one attached hydrogen (secondary N) is 1. The zero-order valence-corrected chi connectivity index (χ0v) is 11.5. The van der Waals surface area contributed by atoms with Crippen LogP contribution in [0.4, 0.5) is 10.1 Å². The molecular weight excluding hydrogens is 298 g/mol. The van der Waals surface area contributed by atoms with E-state index >= 15 is 0 Å². The number of nitrogens with zero attached hydrogens (tertiary/aromatic N) is 2. The molecule has 0 aliphatic heterocycles. The van der Waals surface area contributed by atoms with Crippen LogP contribution in [0.2, 0.25) is 0 Å². The van der Waals surface area contributed by atoms with E-state index in [-0.39, 0.29) is 15.8 Å². The van der Waals surface area contributed by atoms with Crippen molar-refractivity contribution in [3.63, 3.8) is 0 Å². The van der Waals surface area contributed by atoms with E-state index in [4.69, 9.17) is 0 Å². The Morgan fingerprint density at radius 1 is 1.20 bits per heavy atom. The Morgan fingerprint density at radius 2 is 2.00 bits per heavy atom. The second-order valence-electron chi connectivity index (χ2n) is 3.84. The first kappa shape index (κ1) is 12.7. The molecule has 0 spiro atoms. The Labute approximate surface area is 120 Å². The molecule has 0 aliphatic rings. The number of rotatable bonds is 3. The van der Waals surface area contributed by atoms with Crippen molar-refractivity contribution in [3.05, 3.63) is 51.4 Å². The number of aromatic nitrogens is 1. The van der Waals surface area contributed by atoms with Crippen molar-refractivity contribution >= 4 is 48.9 Å². The molecule has 3 rings (SSSR count). The molecule has 20 heavy (non-hydrogen) atoms. The highest BCUT2D eigenvalue weighted by molar-refractivity contribution is 7.22. The Balaban J connectivity index is 1.82. The van der Waals surface area contributed by atoms with Gasteiger partial charge in [0.15, 0.2) is 5.13 Å². The van der Waals surface area contributed by atoms with Crippen LogP contribution in [-0.4, -0.2) is 15.8 Å². The van der Waals surface area contributed by atoms with Crippen molar-refractivity contribution < 1.29 is 9.72 Å². The van der Waals surface area contributed by atoms with E-state index in [1.165, 1.54) is 23.5 Å². The summed E-state index contributed by atoms with van der Waals surface area (Å²) >= 11 is 2.20. The third kappa shape index (κ3) is 2.38. The number of amides is 1. The third-order valence-electron chi connectivity index (χ3n) is 2.51. The number of hydrogen-bond donors (Lipinski definition) is 1. The quantitative estimate of drug-likeness (QED) is 0.592. The average molecular weight is 305 g/mol. The number of thiazole rings is 1. The molecule has 6 nitrogen and oxygen atoms in total. The largest absolute Gasteiger partial charge is 0.324 e. The van der Waals surface area contributed by atoms with Crippen molar-refractivity contribution in [2.45, 2.75) is 0 Å². The van der Waals surface area contributed by atoms with Crippen molar-refractivity contribution in [1.29, 1.82) is 0 Å². The summed E-state index contributed by atoms with van der Waals surface area (Å²) in [6.45, 7) is 0. The Bertz CT molecular complexity index is 776. The van der Waals surface area contributed by atoms with E-state index < -0.39 is 4.92 Å². The van der Waals surface area contributed by atoms with Gasteiger partial charge in [-0.05, 0) is 18.2 Å². The Kier molecular flexibility index (Phi) is 3.17. The van der Waals surface area contributed by atoms with Crippen LogP contribution in [0.1, 0.15) is 9.67 Å². The smallest absolute Gasteiger partial charge is 0.297 e.